The van der Waals surface area contributed by atoms with Gasteiger partial charge in [0.2, 0.25) is 5.82 Å². The Balaban J connectivity index is 2.32. The summed E-state index contributed by atoms with van der Waals surface area (Å²) < 4.78 is 7.38. The van der Waals surface area contributed by atoms with E-state index in [1.807, 2.05) is 0 Å². The number of rotatable bonds is 3. The van der Waals surface area contributed by atoms with Gasteiger partial charge < -0.3 is 10.5 Å². The standard InChI is InChI=1S/C12H20N4O3/c1-4-12(3)7-9(5-6-19-12)15-11(13)10(16(17)18)8(2)14-15/h9H,4-7,13H2,1-3H3. The first kappa shape index (κ1) is 13.8. The fourth-order valence-corrected chi connectivity index (χ4v) is 2.62. The maximum absolute atomic E-state index is 11.0. The molecule has 1 aliphatic heterocycles. The molecule has 1 aromatic heterocycles. The number of anilines is 1. The van der Waals surface area contributed by atoms with Crippen molar-refractivity contribution in [1.29, 1.82) is 0 Å². The lowest BCUT2D eigenvalue weighted by molar-refractivity contribution is -0.384. The topological polar surface area (TPSA) is 96.2 Å². The molecule has 1 aromatic rings. The first-order valence-corrected chi connectivity index (χ1v) is 6.51. The summed E-state index contributed by atoms with van der Waals surface area (Å²) >= 11 is 0. The van der Waals surface area contributed by atoms with E-state index in [4.69, 9.17) is 10.5 Å². The van der Waals surface area contributed by atoms with Crippen molar-refractivity contribution in [1.82, 2.24) is 9.78 Å². The number of nitrogens with zero attached hydrogens (tertiary/aromatic N) is 3. The van der Waals surface area contributed by atoms with Gasteiger partial charge in [-0.05, 0) is 33.1 Å². The Kier molecular flexibility index (Phi) is 3.49. The van der Waals surface area contributed by atoms with Gasteiger partial charge in [-0.3, -0.25) is 10.1 Å². The maximum Gasteiger partial charge on any atom is 0.333 e. The largest absolute Gasteiger partial charge is 0.378 e. The molecule has 2 atom stereocenters. The van der Waals surface area contributed by atoms with E-state index in [-0.39, 0.29) is 23.1 Å². The van der Waals surface area contributed by atoms with Crippen LogP contribution in [0, 0.1) is 17.0 Å². The van der Waals surface area contributed by atoms with Crippen molar-refractivity contribution in [3.8, 4) is 0 Å². The van der Waals surface area contributed by atoms with Crippen LogP contribution in [0.4, 0.5) is 11.5 Å². The Labute approximate surface area is 111 Å². The number of aryl methyl sites for hydroxylation is 1. The third-order valence-corrected chi connectivity index (χ3v) is 3.94. The molecule has 1 aliphatic rings. The van der Waals surface area contributed by atoms with Crippen molar-refractivity contribution >= 4 is 11.5 Å². The van der Waals surface area contributed by atoms with Crippen LogP contribution in [0.25, 0.3) is 0 Å². The smallest absolute Gasteiger partial charge is 0.333 e. The summed E-state index contributed by atoms with van der Waals surface area (Å²) in [7, 11) is 0. The zero-order valence-electron chi connectivity index (χ0n) is 11.5. The molecule has 7 heteroatoms. The molecular weight excluding hydrogens is 248 g/mol. The quantitative estimate of drug-likeness (QED) is 0.669. The summed E-state index contributed by atoms with van der Waals surface area (Å²) in [6.45, 7) is 6.37. The van der Waals surface area contributed by atoms with Crippen molar-refractivity contribution in [3.63, 3.8) is 0 Å². The Hall–Kier alpha value is -1.63. The van der Waals surface area contributed by atoms with Gasteiger partial charge in [0.15, 0.2) is 0 Å². The predicted molar refractivity (Wildman–Crippen MR) is 70.9 cm³/mol. The van der Waals surface area contributed by atoms with Gasteiger partial charge in [0.1, 0.15) is 5.69 Å². The molecule has 0 radical (unpaired) electrons. The summed E-state index contributed by atoms with van der Waals surface area (Å²) in [5, 5.41) is 15.2. The molecule has 1 saturated heterocycles. The normalized spacial score (nSPS) is 27.4. The lowest BCUT2D eigenvalue weighted by atomic mass is 9.90. The second-order valence-electron chi connectivity index (χ2n) is 5.32. The molecule has 0 aromatic carbocycles. The van der Waals surface area contributed by atoms with Gasteiger partial charge in [0.25, 0.3) is 0 Å². The van der Waals surface area contributed by atoms with Crippen LogP contribution in [-0.2, 0) is 4.74 Å². The van der Waals surface area contributed by atoms with Crippen molar-refractivity contribution in [2.24, 2.45) is 0 Å². The van der Waals surface area contributed by atoms with E-state index in [1.165, 1.54) is 0 Å². The molecule has 2 unspecified atom stereocenters. The summed E-state index contributed by atoms with van der Waals surface area (Å²) in [5.74, 6) is 0.146. The highest BCUT2D eigenvalue weighted by molar-refractivity contribution is 5.56. The molecule has 2 heterocycles. The van der Waals surface area contributed by atoms with E-state index in [9.17, 15) is 10.1 Å². The molecule has 0 saturated carbocycles. The van der Waals surface area contributed by atoms with Crippen LogP contribution in [-0.4, -0.2) is 26.9 Å². The van der Waals surface area contributed by atoms with Crippen LogP contribution in [0.1, 0.15) is 44.8 Å². The number of ether oxygens (including phenoxy) is 1. The second kappa shape index (κ2) is 4.80. The first-order chi connectivity index (χ1) is 8.88. The van der Waals surface area contributed by atoms with E-state index < -0.39 is 4.92 Å². The fourth-order valence-electron chi connectivity index (χ4n) is 2.62. The SMILES string of the molecule is CCC1(C)CC(n2nc(C)c([N+](=O)[O-])c2N)CCO1. The summed E-state index contributed by atoms with van der Waals surface area (Å²) in [4.78, 5) is 10.5. The molecule has 7 nitrogen and oxygen atoms in total. The summed E-state index contributed by atoms with van der Waals surface area (Å²) in [5.41, 5.74) is 5.97. The molecule has 1 fully saturated rings. The van der Waals surface area contributed by atoms with Gasteiger partial charge in [0.05, 0.1) is 16.6 Å². The average Bonchev–Trinajstić information content (AvgIpc) is 2.65. The number of nitro groups is 1. The molecule has 0 spiro atoms. The van der Waals surface area contributed by atoms with Crippen LogP contribution in [0.3, 0.4) is 0 Å². The lowest BCUT2D eigenvalue weighted by Gasteiger charge is -2.37. The fraction of sp³-hybridized carbons (Fsp3) is 0.750. The molecule has 106 valence electrons. The van der Waals surface area contributed by atoms with Gasteiger partial charge in [-0.2, -0.15) is 5.10 Å². The van der Waals surface area contributed by atoms with Crippen molar-refractivity contribution < 1.29 is 9.66 Å². The van der Waals surface area contributed by atoms with E-state index in [1.54, 1.807) is 11.6 Å². The molecule has 0 aliphatic carbocycles. The van der Waals surface area contributed by atoms with Gasteiger partial charge in [-0.25, -0.2) is 4.68 Å². The number of nitrogens with two attached hydrogens (primary N) is 1. The van der Waals surface area contributed by atoms with E-state index in [0.717, 1.165) is 19.3 Å². The summed E-state index contributed by atoms with van der Waals surface area (Å²) in [6.07, 6.45) is 2.44. The number of aromatic nitrogens is 2. The van der Waals surface area contributed by atoms with Crippen LogP contribution in [0.2, 0.25) is 0 Å². The first-order valence-electron chi connectivity index (χ1n) is 6.51. The molecule has 2 rings (SSSR count). The highest BCUT2D eigenvalue weighted by Crippen LogP contribution is 2.37. The minimum atomic E-state index is -0.466. The van der Waals surface area contributed by atoms with E-state index in [0.29, 0.717) is 12.3 Å². The van der Waals surface area contributed by atoms with Gasteiger partial charge in [-0.15, -0.1) is 0 Å². The molecule has 0 bridgehead atoms. The zero-order valence-corrected chi connectivity index (χ0v) is 11.5. The van der Waals surface area contributed by atoms with Crippen LogP contribution >= 0.6 is 0 Å². The Morgan fingerprint density at radius 1 is 1.68 bits per heavy atom. The second-order valence-corrected chi connectivity index (χ2v) is 5.32. The summed E-state index contributed by atoms with van der Waals surface area (Å²) in [6, 6.07) is 0.0612. The Bertz CT molecular complexity index is 499. The number of nitrogen functional groups attached to an aromatic ring is 1. The average molecular weight is 268 g/mol. The Morgan fingerprint density at radius 3 is 2.89 bits per heavy atom. The third-order valence-electron chi connectivity index (χ3n) is 3.94. The molecule has 0 amide bonds. The highest BCUT2D eigenvalue weighted by Gasteiger charge is 2.35. The molecular formula is C12H20N4O3. The van der Waals surface area contributed by atoms with E-state index in [2.05, 4.69) is 18.9 Å². The number of hydrogen-bond donors (Lipinski definition) is 1. The number of hydrogen-bond acceptors (Lipinski definition) is 5. The van der Waals surface area contributed by atoms with Crippen molar-refractivity contribution in [2.75, 3.05) is 12.3 Å². The van der Waals surface area contributed by atoms with Gasteiger partial charge in [0, 0.05) is 6.61 Å². The van der Waals surface area contributed by atoms with E-state index >= 15 is 0 Å². The minimum absolute atomic E-state index is 0.0612. The van der Waals surface area contributed by atoms with Crippen LogP contribution in [0.15, 0.2) is 0 Å². The lowest BCUT2D eigenvalue weighted by Crippen LogP contribution is -2.37. The highest BCUT2D eigenvalue weighted by atomic mass is 16.6. The van der Waals surface area contributed by atoms with Gasteiger partial charge >= 0.3 is 5.69 Å². The molecule has 2 N–H and O–H groups in total. The minimum Gasteiger partial charge on any atom is -0.378 e. The monoisotopic (exact) mass is 268 g/mol. The predicted octanol–water partition coefficient (Wildman–Crippen LogP) is 2.20. The zero-order chi connectivity index (χ0) is 14.2. The molecule has 19 heavy (non-hydrogen) atoms. The maximum atomic E-state index is 11.0. The van der Waals surface area contributed by atoms with Gasteiger partial charge in [-0.1, -0.05) is 6.92 Å². The third kappa shape index (κ3) is 2.42. The van der Waals surface area contributed by atoms with Crippen molar-refractivity contribution in [2.45, 2.75) is 51.7 Å². The van der Waals surface area contributed by atoms with Crippen LogP contribution in [0.5, 0.6) is 0 Å². The van der Waals surface area contributed by atoms with Crippen molar-refractivity contribution in [3.05, 3.63) is 15.8 Å². The Morgan fingerprint density at radius 2 is 2.37 bits per heavy atom. The van der Waals surface area contributed by atoms with Crippen LogP contribution < -0.4 is 5.73 Å².